The topological polar surface area (TPSA) is 29.9 Å². The highest BCUT2D eigenvalue weighted by molar-refractivity contribution is 8.06. The molecule has 0 amide bonds. The van der Waals surface area contributed by atoms with Gasteiger partial charge in [0.15, 0.2) is 0 Å². The number of thioether (sulfide) groups is 2. The van der Waals surface area contributed by atoms with Gasteiger partial charge in [0, 0.05) is 47.2 Å². The van der Waals surface area contributed by atoms with E-state index >= 15 is 0 Å². The van der Waals surface area contributed by atoms with E-state index in [2.05, 4.69) is 60.4 Å². The Labute approximate surface area is 138 Å². The fourth-order valence-electron chi connectivity index (χ4n) is 2.75. The minimum atomic E-state index is 0.578. The molecule has 1 aromatic heterocycles. The van der Waals surface area contributed by atoms with E-state index in [1.165, 1.54) is 35.1 Å². The molecule has 120 valence electrons. The molecule has 1 fully saturated rings. The molecular formula is C16H29N3S2. The van der Waals surface area contributed by atoms with Gasteiger partial charge in [-0.25, -0.2) is 0 Å². The predicted molar refractivity (Wildman–Crippen MR) is 96.6 cm³/mol. The first-order chi connectivity index (χ1) is 10.3. The Morgan fingerprint density at radius 1 is 1.38 bits per heavy atom. The largest absolute Gasteiger partial charge is 0.312 e. The third kappa shape index (κ3) is 4.93. The summed E-state index contributed by atoms with van der Waals surface area (Å²) < 4.78 is 2.19. The zero-order chi connectivity index (χ0) is 15.1. The van der Waals surface area contributed by atoms with Crippen molar-refractivity contribution < 1.29 is 0 Å². The molecule has 0 saturated carbocycles. The third-order valence-electron chi connectivity index (χ3n) is 3.95. The van der Waals surface area contributed by atoms with Crippen molar-refractivity contribution in [3.8, 4) is 0 Å². The average molecular weight is 328 g/mol. The zero-order valence-electron chi connectivity index (χ0n) is 13.6. The van der Waals surface area contributed by atoms with Crippen molar-refractivity contribution in [3.05, 3.63) is 17.5 Å². The van der Waals surface area contributed by atoms with Gasteiger partial charge in [-0.05, 0) is 32.4 Å². The second-order valence-electron chi connectivity index (χ2n) is 5.55. The standard InChI is InChI=1S/C16H29N3S2/c1-4-7-17-15(16-12-20-8-9-21-16)11-14-10-13(5-2)18-19(14)6-3/h10,15-17H,4-9,11-12H2,1-3H3. The molecule has 3 nitrogen and oxygen atoms in total. The van der Waals surface area contributed by atoms with Gasteiger partial charge in [0.05, 0.1) is 5.69 Å². The summed E-state index contributed by atoms with van der Waals surface area (Å²) in [7, 11) is 0. The Bertz CT molecular complexity index is 414. The highest BCUT2D eigenvalue weighted by atomic mass is 32.2. The zero-order valence-corrected chi connectivity index (χ0v) is 15.2. The molecule has 1 aliphatic rings. The van der Waals surface area contributed by atoms with Crippen LogP contribution in [0.25, 0.3) is 0 Å². The van der Waals surface area contributed by atoms with Crippen LogP contribution in [0.3, 0.4) is 0 Å². The SMILES string of the molecule is CCCNC(Cc1cc(CC)nn1CC)C1CSCCS1. The van der Waals surface area contributed by atoms with Crippen LogP contribution >= 0.6 is 23.5 Å². The van der Waals surface area contributed by atoms with Crippen LogP contribution in [-0.2, 0) is 19.4 Å². The second-order valence-corrected chi connectivity index (χ2v) is 8.04. The van der Waals surface area contributed by atoms with Gasteiger partial charge in [0.1, 0.15) is 0 Å². The number of nitrogens with one attached hydrogen (secondary N) is 1. The van der Waals surface area contributed by atoms with Crippen molar-refractivity contribution in [3.63, 3.8) is 0 Å². The number of hydrogen-bond acceptors (Lipinski definition) is 4. The highest BCUT2D eigenvalue weighted by Gasteiger charge is 2.25. The first-order valence-corrected chi connectivity index (χ1v) is 10.5. The Morgan fingerprint density at radius 2 is 2.24 bits per heavy atom. The molecule has 0 aliphatic carbocycles. The van der Waals surface area contributed by atoms with Gasteiger partial charge < -0.3 is 5.32 Å². The average Bonchev–Trinajstić information content (AvgIpc) is 2.94. The minimum absolute atomic E-state index is 0.578. The minimum Gasteiger partial charge on any atom is -0.312 e. The molecule has 2 atom stereocenters. The summed E-state index contributed by atoms with van der Waals surface area (Å²) in [5, 5.41) is 9.23. The summed E-state index contributed by atoms with van der Waals surface area (Å²) in [6.45, 7) is 8.72. The quantitative estimate of drug-likeness (QED) is 0.794. The van der Waals surface area contributed by atoms with Gasteiger partial charge >= 0.3 is 0 Å². The summed E-state index contributed by atoms with van der Waals surface area (Å²) in [6.07, 6.45) is 3.34. The van der Waals surface area contributed by atoms with Crippen LogP contribution in [-0.4, -0.2) is 44.9 Å². The van der Waals surface area contributed by atoms with Crippen molar-refractivity contribution in [2.45, 2.75) is 57.9 Å². The van der Waals surface area contributed by atoms with Crippen LogP contribution < -0.4 is 5.32 Å². The maximum atomic E-state index is 4.70. The van der Waals surface area contributed by atoms with Gasteiger partial charge in [-0.15, -0.1) is 0 Å². The van der Waals surface area contributed by atoms with Crippen LogP contribution in [0.1, 0.15) is 38.6 Å². The van der Waals surface area contributed by atoms with Crippen molar-refractivity contribution in [2.24, 2.45) is 0 Å². The van der Waals surface area contributed by atoms with Gasteiger partial charge in [0.25, 0.3) is 0 Å². The summed E-state index contributed by atoms with van der Waals surface area (Å²) in [4.78, 5) is 0. The first kappa shape index (κ1) is 17.2. The van der Waals surface area contributed by atoms with E-state index in [1.807, 2.05) is 0 Å². The van der Waals surface area contributed by atoms with Crippen LogP contribution in [0, 0.1) is 0 Å². The van der Waals surface area contributed by atoms with Crippen molar-refractivity contribution >= 4 is 23.5 Å². The first-order valence-electron chi connectivity index (χ1n) is 8.26. The molecule has 2 rings (SSSR count). The number of aryl methyl sites for hydroxylation is 2. The molecule has 1 saturated heterocycles. The normalized spacial score (nSPS) is 20.6. The Balaban J connectivity index is 2.07. The molecule has 1 aromatic rings. The second kappa shape index (κ2) is 9.11. The summed E-state index contributed by atoms with van der Waals surface area (Å²) in [5.74, 6) is 3.90. The van der Waals surface area contributed by atoms with E-state index in [1.54, 1.807) is 0 Å². The maximum Gasteiger partial charge on any atom is 0.0624 e. The number of rotatable bonds is 8. The molecule has 0 aromatic carbocycles. The van der Waals surface area contributed by atoms with E-state index < -0.39 is 0 Å². The predicted octanol–water partition coefficient (Wildman–Crippen LogP) is 3.22. The molecule has 1 N–H and O–H groups in total. The third-order valence-corrected chi connectivity index (χ3v) is 6.87. The van der Waals surface area contributed by atoms with E-state index in [0.29, 0.717) is 6.04 Å². The van der Waals surface area contributed by atoms with Crippen LogP contribution in [0.15, 0.2) is 6.07 Å². The molecule has 1 aliphatic heterocycles. The molecule has 21 heavy (non-hydrogen) atoms. The summed E-state index contributed by atoms with van der Waals surface area (Å²) in [5.41, 5.74) is 2.63. The molecule has 0 radical (unpaired) electrons. The lowest BCUT2D eigenvalue weighted by atomic mass is 10.1. The monoisotopic (exact) mass is 327 g/mol. The van der Waals surface area contributed by atoms with Gasteiger partial charge in [-0.3, -0.25) is 4.68 Å². The molecular weight excluding hydrogens is 298 g/mol. The van der Waals surface area contributed by atoms with Gasteiger partial charge in [0.2, 0.25) is 0 Å². The summed E-state index contributed by atoms with van der Waals surface area (Å²) >= 11 is 4.27. The fourth-order valence-corrected chi connectivity index (χ4v) is 5.64. The van der Waals surface area contributed by atoms with Crippen LogP contribution in [0.5, 0.6) is 0 Å². The van der Waals surface area contributed by atoms with Gasteiger partial charge in [-0.1, -0.05) is 13.8 Å². The Morgan fingerprint density at radius 3 is 2.86 bits per heavy atom. The van der Waals surface area contributed by atoms with E-state index in [9.17, 15) is 0 Å². The van der Waals surface area contributed by atoms with Crippen molar-refractivity contribution in [2.75, 3.05) is 23.8 Å². The summed E-state index contributed by atoms with van der Waals surface area (Å²) in [6, 6.07) is 2.89. The lowest BCUT2D eigenvalue weighted by molar-refractivity contribution is 0.484. The van der Waals surface area contributed by atoms with Crippen molar-refractivity contribution in [1.82, 2.24) is 15.1 Å². The highest BCUT2D eigenvalue weighted by Crippen LogP contribution is 2.28. The Kier molecular flexibility index (Phi) is 7.47. The number of aromatic nitrogens is 2. The van der Waals surface area contributed by atoms with Crippen molar-refractivity contribution in [1.29, 1.82) is 0 Å². The van der Waals surface area contributed by atoms with Gasteiger partial charge in [-0.2, -0.15) is 28.6 Å². The lowest BCUT2D eigenvalue weighted by Crippen LogP contribution is -2.43. The van der Waals surface area contributed by atoms with E-state index in [4.69, 9.17) is 5.10 Å². The van der Waals surface area contributed by atoms with Crippen LogP contribution in [0.2, 0.25) is 0 Å². The van der Waals surface area contributed by atoms with E-state index in [-0.39, 0.29) is 0 Å². The number of nitrogens with zero attached hydrogens (tertiary/aromatic N) is 2. The molecule has 0 bridgehead atoms. The molecule has 2 heterocycles. The fraction of sp³-hybridized carbons (Fsp3) is 0.812. The molecule has 2 unspecified atom stereocenters. The van der Waals surface area contributed by atoms with Crippen LogP contribution in [0.4, 0.5) is 0 Å². The van der Waals surface area contributed by atoms with E-state index in [0.717, 1.165) is 31.2 Å². The number of hydrogen-bond donors (Lipinski definition) is 1. The molecule has 0 spiro atoms. The smallest absolute Gasteiger partial charge is 0.0624 e. The lowest BCUT2D eigenvalue weighted by Gasteiger charge is -2.30. The Hall–Kier alpha value is -0.130. The maximum absolute atomic E-state index is 4.70. The molecule has 5 heteroatoms.